The Morgan fingerprint density at radius 1 is 1.10 bits per heavy atom. The van der Waals surface area contributed by atoms with Gasteiger partial charge in [0.25, 0.3) is 5.91 Å². The van der Waals surface area contributed by atoms with E-state index < -0.39 is 0 Å². The molecule has 0 unspecified atom stereocenters. The number of carbonyl (C=O) groups excluding carboxylic acids is 1. The minimum atomic E-state index is -0.0635. The maximum absolute atomic E-state index is 12.8. The van der Waals surface area contributed by atoms with E-state index in [-0.39, 0.29) is 5.91 Å². The minimum Gasteiger partial charge on any atom is -0.318 e. The molecule has 1 amide bonds. The number of aliphatic imine (C=N–C) groups is 1. The third-order valence-electron chi connectivity index (χ3n) is 4.90. The molecule has 1 saturated heterocycles. The highest BCUT2D eigenvalue weighted by molar-refractivity contribution is 9.10. The van der Waals surface area contributed by atoms with E-state index in [1.165, 1.54) is 11.8 Å². The highest BCUT2D eigenvalue weighted by atomic mass is 79.9. The van der Waals surface area contributed by atoms with E-state index in [1.807, 2.05) is 36.4 Å². The van der Waals surface area contributed by atoms with Gasteiger partial charge < -0.3 is 4.57 Å². The lowest BCUT2D eigenvalue weighted by Gasteiger charge is -2.09. The highest BCUT2D eigenvalue weighted by Gasteiger charge is 2.30. The number of nitrogens with zero attached hydrogens (tertiary/aromatic N) is 3. The van der Waals surface area contributed by atoms with Gasteiger partial charge in [-0.1, -0.05) is 29.8 Å². The standard InChI is InChI=1S/C23H19BrClN3OS/c1-14-11-16(15(2)28(14)18-7-5-4-6-8-18)12-21-22(29)27(3)23(30-21)26-17-9-10-19(24)20(25)13-17/h4-13H,1-3H3/b21-12+,26-23?. The monoisotopic (exact) mass is 499 g/mol. The molecule has 4 rings (SSSR count). The lowest BCUT2D eigenvalue weighted by atomic mass is 10.2. The first-order chi connectivity index (χ1) is 14.3. The normalized spacial score (nSPS) is 16.8. The summed E-state index contributed by atoms with van der Waals surface area (Å²) in [6.07, 6.45) is 1.95. The van der Waals surface area contributed by atoms with Crippen LogP contribution < -0.4 is 0 Å². The minimum absolute atomic E-state index is 0.0635. The molecule has 0 atom stereocenters. The zero-order valence-electron chi connectivity index (χ0n) is 16.7. The van der Waals surface area contributed by atoms with Crippen molar-refractivity contribution in [1.29, 1.82) is 0 Å². The summed E-state index contributed by atoms with van der Waals surface area (Å²) in [4.78, 5) is 19.6. The van der Waals surface area contributed by atoms with Crippen LogP contribution in [-0.2, 0) is 4.79 Å². The number of amides is 1. The van der Waals surface area contributed by atoms with Crippen LogP contribution >= 0.6 is 39.3 Å². The number of carbonyl (C=O) groups is 1. The average Bonchev–Trinajstić information content (AvgIpc) is 3.15. The van der Waals surface area contributed by atoms with Crippen molar-refractivity contribution in [2.24, 2.45) is 4.99 Å². The molecule has 0 bridgehead atoms. The van der Waals surface area contributed by atoms with Gasteiger partial charge in [-0.2, -0.15) is 0 Å². The number of halogens is 2. The van der Waals surface area contributed by atoms with E-state index in [2.05, 4.69) is 57.5 Å². The molecule has 0 radical (unpaired) electrons. The molecule has 2 aromatic carbocycles. The largest absolute Gasteiger partial charge is 0.318 e. The van der Waals surface area contributed by atoms with Gasteiger partial charge in [0.05, 0.1) is 15.6 Å². The summed E-state index contributed by atoms with van der Waals surface area (Å²) in [5.74, 6) is -0.0635. The SMILES string of the molecule is Cc1cc(/C=C2/SC(=Nc3ccc(Br)c(Cl)c3)N(C)C2=O)c(C)n1-c1ccccc1. The number of benzene rings is 2. The molecular weight excluding hydrogens is 482 g/mol. The molecule has 7 heteroatoms. The van der Waals surface area contributed by atoms with Crippen LogP contribution in [0.4, 0.5) is 5.69 Å². The maximum atomic E-state index is 12.8. The van der Waals surface area contributed by atoms with E-state index >= 15 is 0 Å². The number of hydrogen-bond acceptors (Lipinski definition) is 3. The summed E-state index contributed by atoms with van der Waals surface area (Å²) in [6.45, 7) is 4.14. The topological polar surface area (TPSA) is 37.6 Å². The quantitative estimate of drug-likeness (QED) is 0.373. The fourth-order valence-corrected chi connectivity index (χ4v) is 4.77. The van der Waals surface area contributed by atoms with Gasteiger partial charge in [0.2, 0.25) is 0 Å². The molecule has 152 valence electrons. The Morgan fingerprint density at radius 2 is 1.83 bits per heavy atom. The van der Waals surface area contributed by atoms with Crippen LogP contribution in [0.15, 0.2) is 69.0 Å². The van der Waals surface area contributed by atoms with Crippen LogP contribution in [0.1, 0.15) is 17.0 Å². The summed E-state index contributed by atoms with van der Waals surface area (Å²) >= 11 is 10.9. The number of aromatic nitrogens is 1. The number of hydrogen-bond donors (Lipinski definition) is 0. The first-order valence-electron chi connectivity index (χ1n) is 9.31. The van der Waals surface area contributed by atoms with Gasteiger partial charge >= 0.3 is 0 Å². The number of likely N-dealkylation sites (N-methyl/N-ethyl adjacent to an activating group) is 1. The number of amidine groups is 1. The third-order valence-corrected chi connectivity index (χ3v) is 7.20. The van der Waals surface area contributed by atoms with Crippen molar-refractivity contribution in [3.8, 4) is 5.69 Å². The summed E-state index contributed by atoms with van der Waals surface area (Å²) < 4.78 is 3.00. The van der Waals surface area contributed by atoms with E-state index in [1.54, 1.807) is 18.0 Å². The number of thioether (sulfide) groups is 1. The van der Waals surface area contributed by atoms with Crippen molar-refractivity contribution >= 4 is 62.1 Å². The van der Waals surface area contributed by atoms with Gasteiger partial charge in [0, 0.05) is 28.6 Å². The average molecular weight is 501 g/mol. The molecular formula is C23H19BrClN3OS. The number of rotatable bonds is 3. The van der Waals surface area contributed by atoms with E-state index in [0.717, 1.165) is 27.1 Å². The van der Waals surface area contributed by atoms with Gasteiger partial charge in [-0.15, -0.1) is 0 Å². The Morgan fingerprint density at radius 3 is 2.53 bits per heavy atom. The second kappa shape index (κ2) is 8.46. The van der Waals surface area contributed by atoms with Crippen molar-refractivity contribution in [3.63, 3.8) is 0 Å². The summed E-state index contributed by atoms with van der Waals surface area (Å²) in [6, 6.07) is 17.8. The van der Waals surface area contributed by atoms with E-state index in [9.17, 15) is 4.79 Å². The number of aryl methyl sites for hydroxylation is 1. The molecule has 2 heterocycles. The van der Waals surface area contributed by atoms with E-state index in [0.29, 0.717) is 20.8 Å². The van der Waals surface area contributed by atoms with Crippen molar-refractivity contribution < 1.29 is 4.79 Å². The van der Waals surface area contributed by atoms with Gasteiger partial charge in [-0.25, -0.2) is 4.99 Å². The summed E-state index contributed by atoms with van der Waals surface area (Å²) in [5.41, 5.74) is 5.04. The Bertz CT molecular complexity index is 1200. The molecule has 0 saturated carbocycles. The van der Waals surface area contributed by atoms with Crippen molar-refractivity contribution in [2.75, 3.05) is 7.05 Å². The lowest BCUT2D eigenvalue weighted by molar-refractivity contribution is -0.121. The van der Waals surface area contributed by atoms with Crippen molar-refractivity contribution in [2.45, 2.75) is 13.8 Å². The summed E-state index contributed by atoms with van der Waals surface area (Å²) in [5, 5.41) is 1.21. The predicted octanol–water partition coefficient (Wildman–Crippen LogP) is 6.74. The third kappa shape index (κ3) is 4.00. The number of para-hydroxylation sites is 1. The Kier molecular flexibility index (Phi) is 5.91. The van der Waals surface area contributed by atoms with Crippen molar-refractivity contribution in [1.82, 2.24) is 9.47 Å². The predicted molar refractivity (Wildman–Crippen MR) is 130 cm³/mol. The molecule has 0 aliphatic carbocycles. The molecule has 1 aromatic heterocycles. The van der Waals surface area contributed by atoms with E-state index in [4.69, 9.17) is 11.6 Å². The molecule has 0 spiro atoms. The lowest BCUT2D eigenvalue weighted by Crippen LogP contribution is -2.23. The molecule has 30 heavy (non-hydrogen) atoms. The van der Waals surface area contributed by atoms with Gasteiger partial charge in [0.1, 0.15) is 0 Å². The second-order valence-electron chi connectivity index (χ2n) is 6.97. The molecule has 4 nitrogen and oxygen atoms in total. The van der Waals surface area contributed by atoms with Gasteiger partial charge in [0.15, 0.2) is 5.17 Å². The van der Waals surface area contributed by atoms with Crippen LogP contribution in [-0.4, -0.2) is 27.6 Å². The first kappa shape index (κ1) is 21.0. The molecule has 3 aromatic rings. The smallest absolute Gasteiger partial charge is 0.266 e. The fraction of sp³-hybridized carbons (Fsp3) is 0.130. The molecule has 1 fully saturated rings. The highest BCUT2D eigenvalue weighted by Crippen LogP contribution is 2.35. The van der Waals surface area contributed by atoms with Crippen LogP contribution in [0.2, 0.25) is 5.02 Å². The second-order valence-corrected chi connectivity index (χ2v) is 9.24. The Balaban J connectivity index is 1.67. The zero-order valence-corrected chi connectivity index (χ0v) is 19.8. The van der Waals surface area contributed by atoms with Crippen LogP contribution in [0, 0.1) is 13.8 Å². The van der Waals surface area contributed by atoms with Crippen LogP contribution in [0.5, 0.6) is 0 Å². The Labute approximate surface area is 193 Å². The molecule has 1 aliphatic heterocycles. The maximum Gasteiger partial charge on any atom is 0.266 e. The van der Waals surface area contributed by atoms with Gasteiger partial charge in [-0.3, -0.25) is 9.69 Å². The first-order valence-corrected chi connectivity index (χ1v) is 11.3. The Hall–Kier alpha value is -2.28. The van der Waals surface area contributed by atoms with Crippen LogP contribution in [0.25, 0.3) is 11.8 Å². The summed E-state index contributed by atoms with van der Waals surface area (Å²) in [7, 11) is 1.74. The van der Waals surface area contributed by atoms with Gasteiger partial charge in [-0.05, 0) is 89.6 Å². The fourth-order valence-electron chi connectivity index (χ4n) is 3.37. The zero-order chi connectivity index (χ0) is 21.4. The van der Waals surface area contributed by atoms with Crippen LogP contribution in [0.3, 0.4) is 0 Å². The van der Waals surface area contributed by atoms with Crippen molar-refractivity contribution in [3.05, 3.63) is 85.9 Å². The molecule has 0 N–H and O–H groups in total. The molecule has 1 aliphatic rings.